The minimum absolute atomic E-state index is 0.218. The number of aryl methyl sites for hydroxylation is 2. The third-order valence-corrected chi connectivity index (χ3v) is 5.14. The Balaban J connectivity index is 1.37. The minimum Gasteiger partial charge on any atom is -0.340 e. The molecule has 1 heterocycles. The maximum atomic E-state index is 12.2. The second kappa shape index (κ2) is 10.6. The highest BCUT2D eigenvalue weighted by atomic mass is 35.5. The molecule has 0 bridgehead atoms. The number of halogens is 1. The third kappa shape index (κ3) is 6.67. The summed E-state index contributed by atoms with van der Waals surface area (Å²) in [5.41, 5.74) is 5.38. The van der Waals surface area contributed by atoms with Gasteiger partial charge < -0.3 is 16.0 Å². The molecule has 4 aromatic rings. The predicted molar refractivity (Wildman–Crippen MR) is 140 cm³/mol. The zero-order valence-corrected chi connectivity index (χ0v) is 19.6. The lowest BCUT2D eigenvalue weighted by atomic mass is 10.2. The maximum absolute atomic E-state index is 12.2. The molecule has 0 unspecified atom stereocenters. The number of hydrogen-bond donors (Lipinski definition) is 3. The molecule has 6 nitrogen and oxygen atoms in total. The van der Waals surface area contributed by atoms with Crippen molar-refractivity contribution in [2.75, 3.05) is 16.0 Å². The van der Waals surface area contributed by atoms with Crippen LogP contribution in [0, 0.1) is 13.8 Å². The molecule has 0 saturated carbocycles. The van der Waals surface area contributed by atoms with E-state index in [-0.39, 0.29) is 5.91 Å². The van der Waals surface area contributed by atoms with Gasteiger partial charge in [0.2, 0.25) is 11.9 Å². The van der Waals surface area contributed by atoms with Gasteiger partial charge in [0.1, 0.15) is 5.82 Å². The van der Waals surface area contributed by atoms with E-state index in [4.69, 9.17) is 11.6 Å². The molecule has 0 saturated heterocycles. The van der Waals surface area contributed by atoms with Crippen molar-refractivity contribution in [2.45, 2.75) is 13.8 Å². The summed E-state index contributed by atoms with van der Waals surface area (Å²) < 4.78 is 0. The van der Waals surface area contributed by atoms with Gasteiger partial charge in [-0.1, -0.05) is 41.4 Å². The predicted octanol–water partition coefficient (Wildman–Crippen LogP) is 6.89. The van der Waals surface area contributed by atoms with E-state index in [1.807, 2.05) is 73.7 Å². The number of nitrogens with one attached hydrogen (secondary N) is 3. The Morgan fingerprint density at radius 1 is 0.794 bits per heavy atom. The van der Waals surface area contributed by atoms with Gasteiger partial charge in [0.25, 0.3) is 0 Å². The fraction of sp³-hybridized carbons (Fsp3) is 0.0741. The fourth-order valence-corrected chi connectivity index (χ4v) is 3.29. The van der Waals surface area contributed by atoms with Gasteiger partial charge in [-0.15, -0.1) is 0 Å². The van der Waals surface area contributed by atoms with Gasteiger partial charge in [-0.3, -0.25) is 4.79 Å². The smallest absolute Gasteiger partial charge is 0.248 e. The number of carbonyl (C=O) groups excluding carboxylic acids is 1. The average molecular weight is 470 g/mol. The lowest BCUT2D eigenvalue weighted by Gasteiger charge is -2.11. The summed E-state index contributed by atoms with van der Waals surface area (Å²) in [5.74, 6) is 0.969. The van der Waals surface area contributed by atoms with Crippen LogP contribution in [0.2, 0.25) is 5.02 Å². The summed E-state index contributed by atoms with van der Waals surface area (Å²) in [5, 5.41) is 10.0. The Bertz CT molecular complexity index is 1300. The van der Waals surface area contributed by atoms with Crippen molar-refractivity contribution in [3.05, 3.63) is 107 Å². The van der Waals surface area contributed by atoms with Gasteiger partial charge in [-0.2, -0.15) is 4.98 Å². The normalized spacial score (nSPS) is 10.8. The van der Waals surface area contributed by atoms with Crippen LogP contribution >= 0.6 is 11.6 Å². The van der Waals surface area contributed by atoms with Gasteiger partial charge in [0, 0.05) is 39.9 Å². The highest BCUT2D eigenvalue weighted by molar-refractivity contribution is 6.30. The van der Waals surface area contributed by atoms with Crippen molar-refractivity contribution in [2.24, 2.45) is 0 Å². The van der Waals surface area contributed by atoms with Gasteiger partial charge in [-0.05, 0) is 74.0 Å². The van der Waals surface area contributed by atoms with E-state index < -0.39 is 0 Å². The molecular weight excluding hydrogens is 446 g/mol. The monoisotopic (exact) mass is 469 g/mol. The van der Waals surface area contributed by atoms with Crippen molar-refractivity contribution in [1.82, 2.24) is 9.97 Å². The highest BCUT2D eigenvalue weighted by Gasteiger charge is 2.05. The SMILES string of the molecule is Cc1ccc(Nc2cc(C)nc(Nc3ccc(NC(=O)/C=C/c4ccc(Cl)cc4)cc3)n2)cc1. The molecule has 7 heteroatoms. The standard InChI is InChI=1S/C27H24ClN5O/c1-18-3-10-22(11-4-18)30-25-17-19(2)29-27(33-25)32-24-14-12-23(13-15-24)31-26(34)16-7-20-5-8-21(28)9-6-20/h3-17H,1-2H3,(H,31,34)(H2,29,30,32,33)/b16-7+. The van der Waals surface area contributed by atoms with Crippen molar-refractivity contribution in [3.63, 3.8) is 0 Å². The van der Waals surface area contributed by atoms with Crippen molar-refractivity contribution < 1.29 is 4.79 Å². The van der Waals surface area contributed by atoms with Gasteiger partial charge in [-0.25, -0.2) is 4.98 Å². The van der Waals surface area contributed by atoms with E-state index in [1.165, 1.54) is 11.6 Å². The number of rotatable bonds is 7. The van der Waals surface area contributed by atoms with Gasteiger partial charge in [0.05, 0.1) is 0 Å². The van der Waals surface area contributed by atoms with E-state index in [9.17, 15) is 4.79 Å². The number of carbonyl (C=O) groups is 1. The van der Waals surface area contributed by atoms with Gasteiger partial charge >= 0.3 is 0 Å². The number of amides is 1. The largest absolute Gasteiger partial charge is 0.340 e. The molecule has 1 aromatic heterocycles. The van der Waals surface area contributed by atoms with Crippen LogP contribution < -0.4 is 16.0 Å². The Morgan fingerprint density at radius 3 is 2.12 bits per heavy atom. The number of hydrogen-bond acceptors (Lipinski definition) is 5. The fourth-order valence-electron chi connectivity index (χ4n) is 3.17. The Morgan fingerprint density at radius 2 is 1.41 bits per heavy atom. The number of benzene rings is 3. The topological polar surface area (TPSA) is 78.9 Å². The first-order chi connectivity index (χ1) is 16.4. The number of nitrogens with zero attached hydrogens (tertiary/aromatic N) is 2. The summed E-state index contributed by atoms with van der Waals surface area (Å²) >= 11 is 5.88. The van der Waals surface area contributed by atoms with Crippen LogP contribution in [0.25, 0.3) is 6.08 Å². The van der Waals surface area contributed by atoms with Crippen molar-refractivity contribution >= 4 is 52.4 Å². The maximum Gasteiger partial charge on any atom is 0.248 e. The summed E-state index contributed by atoms with van der Waals surface area (Å²) in [4.78, 5) is 21.2. The minimum atomic E-state index is -0.218. The van der Waals surface area contributed by atoms with Crippen molar-refractivity contribution in [3.8, 4) is 0 Å². The molecule has 34 heavy (non-hydrogen) atoms. The van der Waals surface area contributed by atoms with Gasteiger partial charge in [0.15, 0.2) is 0 Å². The molecule has 1 amide bonds. The van der Waals surface area contributed by atoms with Crippen LogP contribution in [0.3, 0.4) is 0 Å². The molecule has 0 aliphatic heterocycles. The van der Waals surface area contributed by atoms with Crippen LogP contribution in [-0.4, -0.2) is 15.9 Å². The molecule has 0 spiro atoms. The molecule has 0 aliphatic carbocycles. The highest BCUT2D eigenvalue weighted by Crippen LogP contribution is 2.21. The first-order valence-electron chi connectivity index (χ1n) is 10.7. The van der Waals surface area contributed by atoms with Crippen LogP contribution in [0.4, 0.5) is 28.8 Å². The lowest BCUT2D eigenvalue weighted by Crippen LogP contribution is -2.07. The average Bonchev–Trinajstić information content (AvgIpc) is 2.81. The summed E-state index contributed by atoms with van der Waals surface area (Å²) in [6.07, 6.45) is 3.22. The lowest BCUT2D eigenvalue weighted by molar-refractivity contribution is -0.111. The van der Waals surface area contributed by atoms with E-state index in [1.54, 1.807) is 18.2 Å². The van der Waals surface area contributed by atoms with Crippen LogP contribution in [-0.2, 0) is 4.79 Å². The first kappa shape index (κ1) is 23.0. The zero-order chi connectivity index (χ0) is 23.9. The van der Waals surface area contributed by atoms with Crippen LogP contribution in [0.1, 0.15) is 16.8 Å². The summed E-state index contributed by atoms with van der Waals surface area (Å²) in [7, 11) is 0. The molecule has 0 fully saturated rings. The zero-order valence-electron chi connectivity index (χ0n) is 18.8. The van der Waals surface area contributed by atoms with Crippen molar-refractivity contribution in [1.29, 1.82) is 0 Å². The molecular formula is C27H24ClN5O. The van der Waals surface area contributed by atoms with E-state index in [0.29, 0.717) is 22.5 Å². The van der Waals surface area contributed by atoms with Crippen LogP contribution in [0.5, 0.6) is 0 Å². The second-order valence-electron chi connectivity index (χ2n) is 7.79. The summed E-state index contributed by atoms with van der Waals surface area (Å²) in [6, 6.07) is 24.6. The molecule has 170 valence electrons. The Labute approximate surface area is 203 Å². The molecule has 4 rings (SSSR count). The summed E-state index contributed by atoms with van der Waals surface area (Å²) in [6.45, 7) is 3.97. The second-order valence-corrected chi connectivity index (χ2v) is 8.22. The molecule has 0 aliphatic rings. The Kier molecular flexibility index (Phi) is 7.20. The number of aromatic nitrogens is 2. The molecule has 0 atom stereocenters. The first-order valence-corrected chi connectivity index (χ1v) is 11.1. The third-order valence-electron chi connectivity index (χ3n) is 4.88. The van der Waals surface area contributed by atoms with E-state index in [0.717, 1.165) is 22.6 Å². The molecule has 3 N–H and O–H groups in total. The van der Waals surface area contributed by atoms with Crippen LogP contribution in [0.15, 0.2) is 84.9 Å². The van der Waals surface area contributed by atoms with E-state index in [2.05, 4.69) is 32.8 Å². The Hall–Kier alpha value is -4.16. The number of anilines is 5. The quantitative estimate of drug-likeness (QED) is 0.257. The molecule has 3 aromatic carbocycles. The van der Waals surface area contributed by atoms with E-state index >= 15 is 0 Å². The molecule has 0 radical (unpaired) electrons.